The average Bonchev–Trinajstić information content (AvgIpc) is 2.69. The predicted molar refractivity (Wildman–Crippen MR) is 84.2 cm³/mol. The van der Waals surface area contributed by atoms with Crippen molar-refractivity contribution in [3.05, 3.63) is 39.9 Å². The molecule has 1 unspecified atom stereocenters. The summed E-state index contributed by atoms with van der Waals surface area (Å²) in [6, 6.07) is 4.78. The third-order valence-electron chi connectivity index (χ3n) is 4.40. The molecule has 1 amide bonds. The van der Waals surface area contributed by atoms with E-state index in [0.29, 0.717) is 5.56 Å². The van der Waals surface area contributed by atoms with Gasteiger partial charge in [-0.05, 0) is 31.5 Å². The van der Waals surface area contributed by atoms with Crippen LogP contribution in [-0.4, -0.2) is 42.1 Å². The summed E-state index contributed by atoms with van der Waals surface area (Å²) in [6.45, 7) is 3.31. The number of non-ortho nitro benzene ring substituents is 1. The minimum absolute atomic E-state index is 0.0496. The molecule has 1 aromatic carbocycles. The van der Waals surface area contributed by atoms with E-state index in [0.717, 1.165) is 0 Å². The lowest BCUT2D eigenvalue weighted by Crippen LogP contribution is -2.57. The summed E-state index contributed by atoms with van der Waals surface area (Å²) in [5, 5.41) is 10.2. The van der Waals surface area contributed by atoms with Crippen LogP contribution in [0.2, 0.25) is 0 Å². The summed E-state index contributed by atoms with van der Waals surface area (Å²) in [6.07, 6.45) is 0.197. The first-order valence-electron chi connectivity index (χ1n) is 7.35. The Balaban J connectivity index is 1.69. The van der Waals surface area contributed by atoms with Gasteiger partial charge in [0.1, 0.15) is 18.0 Å². The molecule has 0 aliphatic carbocycles. The standard InChI is InChI=1S/C15H16N2O6S/c1-15(2)13(16-11(18)7-12(16)24(15)22)14(19)23-8-9-3-5-10(6-4-9)17(20)21/h3-6,12-13H,7-8H2,1-2H3/t12-,13-,24?/m0/s1. The van der Waals surface area contributed by atoms with E-state index in [1.807, 2.05) is 0 Å². The summed E-state index contributed by atoms with van der Waals surface area (Å²) < 4.78 is 16.8. The first kappa shape index (κ1) is 16.6. The van der Waals surface area contributed by atoms with Crippen LogP contribution in [0.5, 0.6) is 0 Å². The fourth-order valence-electron chi connectivity index (χ4n) is 3.03. The normalized spacial score (nSPS) is 27.3. The molecule has 0 spiro atoms. The summed E-state index contributed by atoms with van der Waals surface area (Å²) in [7, 11) is -1.32. The van der Waals surface area contributed by atoms with Crippen LogP contribution < -0.4 is 0 Å². The molecule has 2 fully saturated rings. The molecule has 8 nitrogen and oxygen atoms in total. The second kappa shape index (κ2) is 5.66. The first-order chi connectivity index (χ1) is 11.2. The van der Waals surface area contributed by atoms with Crippen molar-refractivity contribution in [3.63, 3.8) is 0 Å². The highest BCUT2D eigenvalue weighted by Crippen LogP contribution is 2.43. The quantitative estimate of drug-likeness (QED) is 0.348. The molecule has 128 valence electrons. The minimum atomic E-state index is -1.32. The van der Waals surface area contributed by atoms with Gasteiger partial charge in [0.05, 0.1) is 26.9 Å². The van der Waals surface area contributed by atoms with Gasteiger partial charge in [0.2, 0.25) is 5.91 Å². The van der Waals surface area contributed by atoms with E-state index >= 15 is 0 Å². The summed E-state index contributed by atoms with van der Waals surface area (Å²) in [4.78, 5) is 35.6. The summed E-state index contributed by atoms with van der Waals surface area (Å²) in [5.74, 6) is -0.807. The third-order valence-corrected chi connectivity index (χ3v) is 6.55. The van der Waals surface area contributed by atoms with Gasteiger partial charge in [0.25, 0.3) is 5.69 Å². The smallest absolute Gasteiger partial charge is 0.330 e. The van der Waals surface area contributed by atoms with E-state index in [1.54, 1.807) is 13.8 Å². The van der Waals surface area contributed by atoms with Crippen LogP contribution in [0, 0.1) is 10.1 Å². The van der Waals surface area contributed by atoms with Gasteiger partial charge in [-0.3, -0.25) is 19.1 Å². The Morgan fingerprint density at radius 2 is 2.04 bits per heavy atom. The largest absolute Gasteiger partial charge is 0.459 e. The number of hydrogen-bond acceptors (Lipinski definition) is 6. The van der Waals surface area contributed by atoms with Gasteiger partial charge in [-0.25, -0.2) is 4.79 Å². The topological polar surface area (TPSA) is 107 Å². The number of carbonyl (C=O) groups is 2. The highest BCUT2D eigenvalue weighted by Gasteiger charge is 2.63. The number of ether oxygens (including phenoxy) is 1. The van der Waals surface area contributed by atoms with E-state index < -0.39 is 37.9 Å². The number of nitro groups is 1. The van der Waals surface area contributed by atoms with Gasteiger partial charge in [0, 0.05) is 12.1 Å². The minimum Gasteiger partial charge on any atom is -0.459 e. The summed E-state index contributed by atoms with van der Waals surface area (Å²) >= 11 is 0. The lowest BCUT2D eigenvalue weighted by atomic mass is 9.98. The number of fused-ring (bicyclic) bond motifs is 1. The second-order valence-electron chi connectivity index (χ2n) is 6.29. The number of β-lactam (4-membered cyclic amide) rings is 1. The maximum atomic E-state index is 12.4. The zero-order valence-electron chi connectivity index (χ0n) is 13.1. The second-order valence-corrected chi connectivity index (χ2v) is 8.49. The lowest BCUT2D eigenvalue weighted by molar-refractivity contribution is -0.384. The Morgan fingerprint density at radius 1 is 1.42 bits per heavy atom. The number of nitrogens with zero attached hydrogens (tertiary/aromatic N) is 2. The van der Waals surface area contributed by atoms with Gasteiger partial charge in [-0.2, -0.15) is 0 Å². The number of nitro benzene ring substituents is 1. The van der Waals surface area contributed by atoms with Gasteiger partial charge < -0.3 is 9.64 Å². The molecule has 2 heterocycles. The van der Waals surface area contributed by atoms with Gasteiger partial charge >= 0.3 is 5.97 Å². The maximum absolute atomic E-state index is 12.4. The van der Waals surface area contributed by atoms with Crippen LogP contribution in [0.1, 0.15) is 25.8 Å². The Morgan fingerprint density at radius 3 is 2.58 bits per heavy atom. The molecule has 2 aliphatic rings. The molecule has 2 saturated heterocycles. The zero-order valence-corrected chi connectivity index (χ0v) is 13.9. The van der Waals surface area contributed by atoms with Crippen molar-refractivity contribution in [2.24, 2.45) is 0 Å². The molecule has 0 N–H and O–H groups in total. The van der Waals surface area contributed by atoms with Gasteiger partial charge in [-0.15, -0.1) is 0 Å². The molecule has 0 radical (unpaired) electrons. The predicted octanol–water partition coefficient (Wildman–Crippen LogP) is 1.11. The lowest BCUT2D eigenvalue weighted by Gasteiger charge is -2.36. The van der Waals surface area contributed by atoms with Crippen LogP contribution in [-0.2, 0) is 31.7 Å². The Kier molecular flexibility index (Phi) is 3.90. The Labute approximate surface area is 140 Å². The maximum Gasteiger partial charge on any atom is 0.330 e. The fraction of sp³-hybridized carbons (Fsp3) is 0.467. The number of rotatable bonds is 4. The van der Waals surface area contributed by atoms with Crippen LogP contribution in [0.15, 0.2) is 24.3 Å². The van der Waals surface area contributed by atoms with Gasteiger partial charge in [-0.1, -0.05) is 0 Å². The van der Waals surface area contributed by atoms with Crippen molar-refractivity contribution in [2.45, 2.75) is 43.0 Å². The highest BCUT2D eigenvalue weighted by atomic mass is 32.2. The zero-order chi connectivity index (χ0) is 17.6. The SMILES string of the molecule is CC1(C)[C@H](C(=O)OCc2ccc([N+](=O)[O-])cc2)N2C(=O)C[C@@H]2S1=O. The van der Waals surface area contributed by atoms with Crippen molar-refractivity contribution in [3.8, 4) is 0 Å². The van der Waals surface area contributed by atoms with Crippen molar-refractivity contribution in [2.75, 3.05) is 0 Å². The third kappa shape index (κ3) is 2.48. The molecule has 2 aliphatic heterocycles. The van der Waals surface area contributed by atoms with E-state index in [2.05, 4.69) is 0 Å². The number of carbonyl (C=O) groups excluding carboxylic acids is 2. The van der Waals surface area contributed by atoms with Crippen molar-refractivity contribution >= 4 is 28.4 Å². The number of benzene rings is 1. The molecule has 3 atom stereocenters. The van der Waals surface area contributed by atoms with Crippen LogP contribution in [0.25, 0.3) is 0 Å². The molecule has 0 aromatic heterocycles. The molecule has 0 saturated carbocycles. The molecule has 24 heavy (non-hydrogen) atoms. The molecule has 1 aromatic rings. The van der Waals surface area contributed by atoms with Crippen molar-refractivity contribution in [1.82, 2.24) is 4.90 Å². The molecular formula is C15H16N2O6S. The van der Waals surface area contributed by atoms with Crippen LogP contribution in [0.4, 0.5) is 5.69 Å². The van der Waals surface area contributed by atoms with Crippen molar-refractivity contribution < 1.29 is 23.5 Å². The first-order valence-corrected chi connectivity index (χ1v) is 8.56. The number of hydrogen-bond donors (Lipinski definition) is 0. The number of amides is 1. The molecule has 9 heteroatoms. The molecule has 0 bridgehead atoms. The van der Waals surface area contributed by atoms with Crippen LogP contribution in [0.3, 0.4) is 0 Å². The highest BCUT2D eigenvalue weighted by molar-refractivity contribution is 7.87. The molecular weight excluding hydrogens is 336 g/mol. The monoisotopic (exact) mass is 352 g/mol. The fourth-order valence-corrected chi connectivity index (χ4v) is 4.90. The molecule has 3 rings (SSSR count). The van der Waals surface area contributed by atoms with E-state index in [9.17, 15) is 23.9 Å². The van der Waals surface area contributed by atoms with Gasteiger partial charge in [0.15, 0.2) is 0 Å². The average molecular weight is 352 g/mol. The Hall–Kier alpha value is -2.29. The van der Waals surface area contributed by atoms with E-state index in [4.69, 9.17) is 4.74 Å². The van der Waals surface area contributed by atoms with E-state index in [-0.39, 0.29) is 24.6 Å². The van der Waals surface area contributed by atoms with E-state index in [1.165, 1.54) is 29.2 Å². The Bertz CT molecular complexity index is 745. The number of esters is 1. The summed E-state index contributed by atoms with van der Waals surface area (Å²) in [5.41, 5.74) is 0.545. The van der Waals surface area contributed by atoms with Crippen LogP contribution >= 0.6 is 0 Å². The van der Waals surface area contributed by atoms with Crippen molar-refractivity contribution in [1.29, 1.82) is 0 Å².